The number of piperazine rings is 1. The second-order valence-electron chi connectivity index (χ2n) is 9.73. The number of halogens is 1. The van der Waals surface area contributed by atoms with E-state index in [4.69, 9.17) is 17.3 Å². The van der Waals surface area contributed by atoms with Crippen molar-refractivity contribution < 1.29 is 4.79 Å². The Kier molecular flexibility index (Phi) is 6.35. The topological polar surface area (TPSA) is 62.5 Å². The first kappa shape index (κ1) is 23.1. The summed E-state index contributed by atoms with van der Waals surface area (Å²) in [5, 5.41) is 0.730. The highest BCUT2D eigenvalue weighted by atomic mass is 35.5. The lowest BCUT2D eigenvalue weighted by Crippen LogP contribution is -2.53. The number of anilines is 2. The fourth-order valence-electron chi connectivity index (χ4n) is 4.51. The number of carbonyl (C=O) groups excluding carboxylic acids is 1. The minimum Gasteiger partial charge on any atom is -0.397 e. The van der Waals surface area contributed by atoms with Crippen LogP contribution in [0, 0.1) is 12.3 Å². The number of hydrogen-bond donors (Lipinski definition) is 1. The monoisotopic (exact) mass is 462 g/mol. The molecule has 0 bridgehead atoms. The molecule has 1 fully saturated rings. The number of carbonyl (C=O) groups is 1. The zero-order chi connectivity index (χ0) is 23.8. The molecule has 0 radical (unpaired) electrons. The number of nitrogens with two attached hydrogens (primary N) is 1. The molecular formula is C27H31ClN4O. The van der Waals surface area contributed by atoms with Gasteiger partial charge in [0, 0.05) is 47.5 Å². The Morgan fingerprint density at radius 1 is 1.09 bits per heavy atom. The maximum atomic E-state index is 13.1. The molecule has 2 N–H and O–H groups in total. The van der Waals surface area contributed by atoms with E-state index in [9.17, 15) is 4.79 Å². The van der Waals surface area contributed by atoms with Crippen LogP contribution in [-0.4, -0.2) is 35.4 Å². The molecule has 0 aliphatic carbocycles. The Balaban J connectivity index is 1.70. The average molecular weight is 463 g/mol. The van der Waals surface area contributed by atoms with E-state index in [1.54, 1.807) is 12.4 Å². The fraction of sp³-hybridized carbons (Fsp3) is 0.333. The maximum Gasteiger partial charge on any atom is 0.228 e. The first-order valence-corrected chi connectivity index (χ1v) is 11.6. The van der Waals surface area contributed by atoms with Crippen LogP contribution in [0.25, 0.3) is 11.1 Å². The van der Waals surface area contributed by atoms with Crippen molar-refractivity contribution in [3.8, 4) is 11.1 Å². The van der Waals surface area contributed by atoms with Crippen molar-refractivity contribution in [3.05, 3.63) is 77.1 Å². The van der Waals surface area contributed by atoms with E-state index in [-0.39, 0.29) is 11.9 Å². The third-order valence-electron chi connectivity index (χ3n) is 6.24. The summed E-state index contributed by atoms with van der Waals surface area (Å²) in [6, 6.07) is 16.5. The Labute approximate surface area is 201 Å². The molecule has 1 aliphatic heterocycles. The number of aromatic nitrogens is 1. The molecule has 1 aromatic heterocycles. The lowest BCUT2D eigenvalue weighted by atomic mass is 9.92. The first-order valence-electron chi connectivity index (χ1n) is 11.3. The van der Waals surface area contributed by atoms with Gasteiger partial charge in [-0.05, 0) is 47.9 Å². The van der Waals surface area contributed by atoms with Crippen molar-refractivity contribution in [2.24, 2.45) is 5.41 Å². The van der Waals surface area contributed by atoms with Gasteiger partial charge in [-0.1, -0.05) is 56.6 Å². The van der Waals surface area contributed by atoms with Gasteiger partial charge in [0.25, 0.3) is 0 Å². The number of nitrogen functional groups attached to an aromatic ring is 1. The molecule has 33 heavy (non-hydrogen) atoms. The third-order valence-corrected chi connectivity index (χ3v) is 6.47. The van der Waals surface area contributed by atoms with Gasteiger partial charge in [-0.15, -0.1) is 0 Å². The predicted octanol–water partition coefficient (Wildman–Crippen LogP) is 5.73. The van der Waals surface area contributed by atoms with Crippen molar-refractivity contribution in [2.75, 3.05) is 30.3 Å². The lowest BCUT2D eigenvalue weighted by Gasteiger charge is -2.45. The quantitative estimate of drug-likeness (QED) is 0.540. The number of nitrogens with zero attached hydrogens (tertiary/aromatic N) is 3. The van der Waals surface area contributed by atoms with E-state index < -0.39 is 5.41 Å². The molecular weight excluding hydrogens is 432 g/mol. The van der Waals surface area contributed by atoms with Crippen molar-refractivity contribution >= 4 is 28.9 Å². The van der Waals surface area contributed by atoms with Gasteiger partial charge in [0.1, 0.15) is 0 Å². The minimum absolute atomic E-state index is 0.0359. The van der Waals surface area contributed by atoms with Crippen LogP contribution >= 0.6 is 11.6 Å². The molecule has 0 unspecified atom stereocenters. The summed E-state index contributed by atoms with van der Waals surface area (Å²) in [6.07, 6.45) is 3.42. The molecule has 1 saturated heterocycles. The van der Waals surface area contributed by atoms with E-state index in [0.717, 1.165) is 39.5 Å². The molecule has 2 heterocycles. The van der Waals surface area contributed by atoms with Crippen LogP contribution in [0.3, 0.4) is 0 Å². The Morgan fingerprint density at radius 2 is 1.82 bits per heavy atom. The van der Waals surface area contributed by atoms with Crippen molar-refractivity contribution in [1.29, 1.82) is 0 Å². The molecule has 3 aromatic rings. The summed E-state index contributed by atoms with van der Waals surface area (Å²) in [7, 11) is 0. The zero-order valence-corrected chi connectivity index (χ0v) is 20.4. The van der Waals surface area contributed by atoms with Gasteiger partial charge in [0.15, 0.2) is 0 Å². The van der Waals surface area contributed by atoms with Crippen LogP contribution in [-0.2, 0) is 4.79 Å². The molecule has 172 valence electrons. The zero-order valence-electron chi connectivity index (χ0n) is 19.7. The Hall–Kier alpha value is -3.05. The van der Waals surface area contributed by atoms with E-state index in [1.165, 1.54) is 0 Å². The van der Waals surface area contributed by atoms with Gasteiger partial charge in [-0.3, -0.25) is 9.78 Å². The number of rotatable bonds is 3. The van der Waals surface area contributed by atoms with Gasteiger partial charge < -0.3 is 15.5 Å². The smallest absolute Gasteiger partial charge is 0.228 e. The van der Waals surface area contributed by atoms with Crippen LogP contribution < -0.4 is 10.6 Å². The molecule has 1 amide bonds. The lowest BCUT2D eigenvalue weighted by molar-refractivity contribution is -0.140. The largest absolute Gasteiger partial charge is 0.397 e. The normalized spacial score (nSPS) is 16.7. The highest BCUT2D eigenvalue weighted by Crippen LogP contribution is 2.36. The Morgan fingerprint density at radius 3 is 2.45 bits per heavy atom. The average Bonchev–Trinajstić information content (AvgIpc) is 2.78. The molecule has 5 nitrogen and oxygen atoms in total. The van der Waals surface area contributed by atoms with Gasteiger partial charge in [-0.2, -0.15) is 0 Å². The third kappa shape index (κ3) is 4.83. The van der Waals surface area contributed by atoms with E-state index in [2.05, 4.69) is 47.1 Å². The van der Waals surface area contributed by atoms with Crippen molar-refractivity contribution in [3.63, 3.8) is 0 Å². The molecule has 2 aromatic carbocycles. The van der Waals surface area contributed by atoms with Crippen LogP contribution in [0.5, 0.6) is 0 Å². The summed E-state index contributed by atoms with van der Waals surface area (Å²) < 4.78 is 0. The van der Waals surface area contributed by atoms with Gasteiger partial charge in [0.05, 0.1) is 17.9 Å². The summed E-state index contributed by atoms with van der Waals surface area (Å²) in [4.78, 5) is 21.6. The Bertz CT molecular complexity index is 1150. The SMILES string of the molecule is Cc1cc(Cl)ccc1N1CCN(C(=O)C(C)(C)C)C[C@H]1c1ccc(-c2ccncc2N)cc1. The summed E-state index contributed by atoms with van der Waals surface area (Å²) in [6.45, 7) is 10.1. The van der Waals surface area contributed by atoms with Gasteiger partial charge >= 0.3 is 0 Å². The molecule has 0 spiro atoms. The number of pyridine rings is 1. The van der Waals surface area contributed by atoms with Gasteiger partial charge in [-0.25, -0.2) is 0 Å². The molecule has 4 rings (SSSR count). The number of aryl methyl sites for hydroxylation is 1. The van der Waals surface area contributed by atoms with Crippen LogP contribution in [0.1, 0.15) is 37.9 Å². The highest BCUT2D eigenvalue weighted by molar-refractivity contribution is 6.30. The number of benzene rings is 2. The molecule has 1 aliphatic rings. The summed E-state index contributed by atoms with van der Waals surface area (Å²) in [5.41, 5.74) is 11.8. The van der Waals surface area contributed by atoms with E-state index in [0.29, 0.717) is 18.8 Å². The van der Waals surface area contributed by atoms with Crippen LogP contribution in [0.15, 0.2) is 60.9 Å². The van der Waals surface area contributed by atoms with Gasteiger partial charge in [0.2, 0.25) is 5.91 Å². The van der Waals surface area contributed by atoms with Crippen LogP contribution in [0.4, 0.5) is 11.4 Å². The van der Waals surface area contributed by atoms with E-state index in [1.807, 2.05) is 43.9 Å². The summed E-state index contributed by atoms with van der Waals surface area (Å²) >= 11 is 6.23. The van der Waals surface area contributed by atoms with Crippen LogP contribution in [0.2, 0.25) is 5.02 Å². The highest BCUT2D eigenvalue weighted by Gasteiger charge is 2.35. The second-order valence-corrected chi connectivity index (χ2v) is 10.2. The van der Waals surface area contributed by atoms with Crippen molar-refractivity contribution in [1.82, 2.24) is 9.88 Å². The first-order chi connectivity index (χ1) is 15.6. The summed E-state index contributed by atoms with van der Waals surface area (Å²) in [5.74, 6) is 0.182. The number of hydrogen-bond acceptors (Lipinski definition) is 4. The number of amides is 1. The molecule has 6 heteroatoms. The minimum atomic E-state index is -0.411. The fourth-order valence-corrected chi connectivity index (χ4v) is 4.74. The second kappa shape index (κ2) is 9.06. The standard InChI is InChI=1S/C27H31ClN4O/c1-18-15-21(28)9-10-24(18)32-14-13-31(26(33)27(2,3)4)17-25(32)20-7-5-19(6-8-20)22-11-12-30-16-23(22)29/h5-12,15-16,25H,13-14,17,29H2,1-4H3/t25-/m0/s1. The van der Waals surface area contributed by atoms with E-state index >= 15 is 0 Å². The maximum absolute atomic E-state index is 13.1. The molecule has 1 atom stereocenters. The van der Waals surface area contributed by atoms with Crippen molar-refractivity contribution in [2.45, 2.75) is 33.7 Å². The molecule has 0 saturated carbocycles. The predicted molar refractivity (Wildman–Crippen MR) is 136 cm³/mol.